The molecule has 0 aromatic heterocycles. The maximum atomic E-state index is 11.7. The molecule has 1 unspecified atom stereocenters. The van der Waals surface area contributed by atoms with Crippen molar-refractivity contribution in [1.82, 2.24) is 5.32 Å². The molecule has 19 heavy (non-hydrogen) atoms. The third-order valence-corrected chi connectivity index (χ3v) is 3.47. The molecule has 1 rings (SSSR count). The fraction of sp³-hybridized carbons (Fsp3) is 0.500. The van der Waals surface area contributed by atoms with E-state index in [2.05, 4.69) is 18.3 Å². The van der Waals surface area contributed by atoms with Crippen molar-refractivity contribution in [3.05, 3.63) is 34.9 Å². The molecular formula is C16H23NO2. The molecule has 0 bridgehead atoms. The molecule has 1 N–H and O–H groups in total. The molecule has 0 fully saturated rings. The lowest BCUT2D eigenvalue weighted by atomic mass is 9.95. The Morgan fingerprint density at radius 1 is 1.26 bits per heavy atom. The minimum Gasteiger partial charge on any atom is -0.355 e. The quantitative estimate of drug-likeness (QED) is 0.767. The van der Waals surface area contributed by atoms with Crippen molar-refractivity contribution in [1.29, 1.82) is 0 Å². The van der Waals surface area contributed by atoms with Crippen molar-refractivity contribution in [3.63, 3.8) is 0 Å². The van der Waals surface area contributed by atoms with Crippen molar-refractivity contribution in [2.24, 2.45) is 5.92 Å². The third-order valence-electron chi connectivity index (χ3n) is 3.47. The molecule has 0 heterocycles. The Hall–Kier alpha value is -1.64. The summed E-state index contributed by atoms with van der Waals surface area (Å²) < 4.78 is 0. The van der Waals surface area contributed by atoms with Gasteiger partial charge in [0.2, 0.25) is 0 Å². The van der Waals surface area contributed by atoms with Crippen LogP contribution in [0.1, 0.15) is 48.2 Å². The molecule has 1 amide bonds. The Morgan fingerprint density at radius 2 is 1.95 bits per heavy atom. The second kappa shape index (κ2) is 7.72. The number of hydrogen-bond donors (Lipinski definition) is 1. The summed E-state index contributed by atoms with van der Waals surface area (Å²) in [4.78, 5) is 22.6. The van der Waals surface area contributed by atoms with Crippen LogP contribution in [0, 0.1) is 5.92 Å². The lowest BCUT2D eigenvalue weighted by Gasteiger charge is -2.10. The number of hydrogen-bond acceptors (Lipinski definition) is 2. The van der Waals surface area contributed by atoms with E-state index in [1.165, 1.54) is 0 Å². The highest BCUT2D eigenvalue weighted by atomic mass is 16.1. The molecule has 0 radical (unpaired) electrons. The fourth-order valence-corrected chi connectivity index (χ4v) is 2.11. The second-order valence-electron chi connectivity index (χ2n) is 4.81. The number of carbonyl (C=O) groups excluding carboxylic acids is 2. The lowest BCUT2D eigenvalue weighted by Crippen LogP contribution is -2.18. The number of amides is 1. The molecule has 104 valence electrons. The number of carbonyl (C=O) groups is 2. The largest absolute Gasteiger partial charge is 0.355 e. The van der Waals surface area contributed by atoms with E-state index >= 15 is 0 Å². The van der Waals surface area contributed by atoms with Crippen LogP contribution in [0.5, 0.6) is 0 Å². The number of aryl methyl sites for hydroxylation is 2. The van der Waals surface area contributed by atoms with Gasteiger partial charge in [-0.3, -0.25) is 4.79 Å². The Balaban J connectivity index is 2.87. The normalized spacial score (nSPS) is 11.9. The molecule has 3 heteroatoms. The van der Waals surface area contributed by atoms with Crippen LogP contribution in [-0.4, -0.2) is 19.2 Å². The molecule has 3 nitrogen and oxygen atoms in total. The summed E-state index contributed by atoms with van der Waals surface area (Å²) in [5.74, 6) is 0.0627. The zero-order chi connectivity index (χ0) is 14.3. The Labute approximate surface area is 115 Å². The van der Waals surface area contributed by atoms with Crippen molar-refractivity contribution < 1.29 is 9.59 Å². The summed E-state index contributed by atoms with van der Waals surface area (Å²) >= 11 is 0. The summed E-state index contributed by atoms with van der Waals surface area (Å²) in [5, 5.41) is 2.65. The summed E-state index contributed by atoms with van der Waals surface area (Å²) in [6.07, 6.45) is 4.50. The van der Waals surface area contributed by atoms with Crippen LogP contribution >= 0.6 is 0 Å². The van der Waals surface area contributed by atoms with Gasteiger partial charge in [-0.15, -0.1) is 0 Å². The van der Waals surface area contributed by atoms with Gasteiger partial charge in [0.25, 0.3) is 5.91 Å². The number of rotatable bonds is 7. The van der Waals surface area contributed by atoms with E-state index < -0.39 is 0 Å². The van der Waals surface area contributed by atoms with Crippen LogP contribution in [0.2, 0.25) is 0 Å². The molecule has 0 saturated carbocycles. The van der Waals surface area contributed by atoms with Crippen LogP contribution in [0.15, 0.2) is 18.2 Å². The van der Waals surface area contributed by atoms with Crippen LogP contribution in [0.4, 0.5) is 0 Å². The van der Waals surface area contributed by atoms with Crippen LogP contribution in [0.25, 0.3) is 0 Å². The average Bonchev–Trinajstić information content (AvgIpc) is 2.47. The van der Waals surface area contributed by atoms with Gasteiger partial charge in [-0.2, -0.15) is 0 Å². The van der Waals surface area contributed by atoms with Gasteiger partial charge < -0.3 is 10.1 Å². The number of nitrogens with one attached hydrogen (secondary N) is 1. The van der Waals surface area contributed by atoms with E-state index in [0.29, 0.717) is 5.56 Å². The predicted molar refractivity (Wildman–Crippen MR) is 77.4 cm³/mol. The minimum absolute atomic E-state index is 0.0565. The maximum absolute atomic E-state index is 11.7. The van der Waals surface area contributed by atoms with Gasteiger partial charge in [0.1, 0.15) is 6.29 Å². The fourth-order valence-electron chi connectivity index (χ4n) is 2.11. The van der Waals surface area contributed by atoms with Gasteiger partial charge >= 0.3 is 0 Å². The smallest absolute Gasteiger partial charge is 0.251 e. The van der Waals surface area contributed by atoms with Gasteiger partial charge in [-0.1, -0.05) is 19.9 Å². The van der Waals surface area contributed by atoms with Gasteiger partial charge in [0.15, 0.2) is 0 Å². The molecule has 1 atom stereocenters. The molecule has 0 aliphatic carbocycles. The molecule has 1 aromatic carbocycles. The van der Waals surface area contributed by atoms with E-state index in [0.717, 1.165) is 43.1 Å². The van der Waals surface area contributed by atoms with Crippen molar-refractivity contribution in [2.45, 2.75) is 39.5 Å². The zero-order valence-electron chi connectivity index (χ0n) is 12.0. The highest BCUT2D eigenvalue weighted by Gasteiger charge is 2.09. The maximum Gasteiger partial charge on any atom is 0.251 e. The van der Waals surface area contributed by atoms with Gasteiger partial charge in [0, 0.05) is 18.5 Å². The number of benzene rings is 1. The first-order chi connectivity index (χ1) is 9.14. The van der Waals surface area contributed by atoms with Crippen molar-refractivity contribution >= 4 is 12.2 Å². The average molecular weight is 261 g/mol. The molecule has 1 aromatic rings. The predicted octanol–water partition coefficient (Wildman–Crippen LogP) is 2.77. The van der Waals surface area contributed by atoms with Gasteiger partial charge in [-0.25, -0.2) is 0 Å². The van der Waals surface area contributed by atoms with Crippen LogP contribution in [-0.2, 0) is 17.6 Å². The standard InChI is InChI=1S/C16H23NO2/c1-4-12(11-18)6-7-14-8-13(5-2)9-15(10-14)16(19)17-3/h8-12H,4-7H2,1-3H3,(H,17,19). The second-order valence-corrected chi connectivity index (χ2v) is 4.81. The summed E-state index contributed by atoms with van der Waals surface area (Å²) in [6, 6.07) is 5.98. The third kappa shape index (κ3) is 4.51. The minimum atomic E-state index is -0.0565. The van der Waals surface area contributed by atoms with E-state index in [1.807, 2.05) is 19.1 Å². The van der Waals surface area contributed by atoms with Crippen LogP contribution < -0.4 is 5.32 Å². The Morgan fingerprint density at radius 3 is 2.47 bits per heavy atom. The zero-order valence-corrected chi connectivity index (χ0v) is 12.0. The first-order valence-corrected chi connectivity index (χ1v) is 6.94. The molecular weight excluding hydrogens is 238 g/mol. The van der Waals surface area contributed by atoms with Crippen molar-refractivity contribution in [2.75, 3.05) is 7.05 Å². The highest BCUT2D eigenvalue weighted by Crippen LogP contribution is 2.16. The van der Waals surface area contributed by atoms with E-state index in [4.69, 9.17) is 0 Å². The van der Waals surface area contributed by atoms with Crippen LogP contribution in [0.3, 0.4) is 0 Å². The SMILES string of the molecule is CCc1cc(CCC(C=O)CC)cc(C(=O)NC)c1. The van der Waals surface area contributed by atoms with E-state index in [1.54, 1.807) is 7.05 Å². The summed E-state index contributed by atoms with van der Waals surface area (Å²) in [7, 11) is 1.64. The molecule has 0 spiro atoms. The van der Waals surface area contributed by atoms with E-state index in [-0.39, 0.29) is 11.8 Å². The monoisotopic (exact) mass is 261 g/mol. The van der Waals surface area contributed by atoms with E-state index in [9.17, 15) is 9.59 Å². The summed E-state index contributed by atoms with van der Waals surface area (Å²) in [5.41, 5.74) is 3.00. The Kier molecular flexibility index (Phi) is 6.26. The first kappa shape index (κ1) is 15.4. The number of aldehydes is 1. The first-order valence-electron chi connectivity index (χ1n) is 6.94. The van der Waals surface area contributed by atoms with Gasteiger partial charge in [0.05, 0.1) is 0 Å². The Bertz CT molecular complexity index is 440. The molecule has 0 aliphatic heterocycles. The highest BCUT2D eigenvalue weighted by molar-refractivity contribution is 5.94. The lowest BCUT2D eigenvalue weighted by molar-refractivity contribution is -0.111. The summed E-state index contributed by atoms with van der Waals surface area (Å²) in [6.45, 7) is 4.10. The van der Waals surface area contributed by atoms with Gasteiger partial charge in [-0.05, 0) is 48.9 Å². The topological polar surface area (TPSA) is 46.2 Å². The molecule has 0 aliphatic rings. The van der Waals surface area contributed by atoms with Crippen molar-refractivity contribution in [3.8, 4) is 0 Å². The molecule has 0 saturated heterocycles.